The SMILES string of the molecule is C1OCC1N1C[C@@H]2C[C@H]1CN2. The second kappa shape index (κ2) is 2.19. The maximum absolute atomic E-state index is 5.19. The number of hydrogen-bond acceptors (Lipinski definition) is 3. The van der Waals surface area contributed by atoms with Gasteiger partial charge in [0.05, 0.1) is 19.3 Å². The first-order valence-corrected chi connectivity index (χ1v) is 4.50. The molecule has 0 unspecified atom stereocenters. The van der Waals surface area contributed by atoms with Gasteiger partial charge in [0.1, 0.15) is 0 Å². The lowest BCUT2D eigenvalue weighted by Gasteiger charge is -2.39. The minimum absolute atomic E-state index is 0.757. The number of piperazine rings is 1. The number of ether oxygens (including phenoxy) is 1. The van der Waals surface area contributed by atoms with Crippen molar-refractivity contribution >= 4 is 0 Å². The molecule has 0 aromatic rings. The zero-order valence-electron chi connectivity index (χ0n) is 6.62. The van der Waals surface area contributed by atoms with E-state index in [1.54, 1.807) is 0 Å². The van der Waals surface area contributed by atoms with E-state index in [2.05, 4.69) is 10.2 Å². The average Bonchev–Trinajstić information content (AvgIpc) is 2.42. The Labute approximate surface area is 66.7 Å². The van der Waals surface area contributed by atoms with Gasteiger partial charge in [-0.3, -0.25) is 4.90 Å². The van der Waals surface area contributed by atoms with Gasteiger partial charge in [0.2, 0.25) is 0 Å². The Hall–Kier alpha value is -0.120. The summed E-state index contributed by atoms with van der Waals surface area (Å²) in [6, 6.07) is 2.38. The summed E-state index contributed by atoms with van der Waals surface area (Å²) in [4.78, 5) is 2.63. The predicted octanol–water partition coefficient (Wildman–Crippen LogP) is -0.569. The van der Waals surface area contributed by atoms with Gasteiger partial charge in [0.25, 0.3) is 0 Å². The van der Waals surface area contributed by atoms with Crippen molar-refractivity contribution in [2.24, 2.45) is 0 Å². The molecule has 11 heavy (non-hydrogen) atoms. The molecule has 0 aromatic heterocycles. The van der Waals surface area contributed by atoms with Crippen molar-refractivity contribution in [2.45, 2.75) is 24.5 Å². The lowest BCUT2D eigenvalue weighted by Crippen LogP contribution is -2.55. The zero-order chi connectivity index (χ0) is 7.26. The van der Waals surface area contributed by atoms with Crippen molar-refractivity contribution in [2.75, 3.05) is 26.3 Å². The predicted molar refractivity (Wildman–Crippen MR) is 41.5 cm³/mol. The first-order valence-electron chi connectivity index (χ1n) is 4.50. The quantitative estimate of drug-likeness (QED) is 0.547. The summed E-state index contributed by atoms with van der Waals surface area (Å²) in [6.45, 7) is 4.42. The van der Waals surface area contributed by atoms with E-state index in [0.717, 1.165) is 31.3 Å². The Bertz CT molecular complexity index is 169. The molecule has 3 nitrogen and oxygen atoms in total. The van der Waals surface area contributed by atoms with Crippen LogP contribution in [0.1, 0.15) is 6.42 Å². The fraction of sp³-hybridized carbons (Fsp3) is 1.00. The number of nitrogens with zero attached hydrogens (tertiary/aromatic N) is 1. The van der Waals surface area contributed by atoms with Gasteiger partial charge in [0, 0.05) is 25.2 Å². The summed E-state index contributed by atoms with van der Waals surface area (Å²) in [5, 5.41) is 3.51. The summed E-state index contributed by atoms with van der Waals surface area (Å²) in [5.74, 6) is 0. The van der Waals surface area contributed by atoms with Gasteiger partial charge < -0.3 is 10.1 Å². The van der Waals surface area contributed by atoms with Crippen LogP contribution in [0.4, 0.5) is 0 Å². The average molecular weight is 154 g/mol. The highest BCUT2D eigenvalue weighted by molar-refractivity contribution is 5.00. The number of hydrogen-bond donors (Lipinski definition) is 1. The molecule has 3 rings (SSSR count). The van der Waals surface area contributed by atoms with Crippen LogP contribution in [0.2, 0.25) is 0 Å². The molecule has 62 valence electrons. The Morgan fingerprint density at radius 1 is 1.27 bits per heavy atom. The smallest absolute Gasteiger partial charge is 0.0645 e. The van der Waals surface area contributed by atoms with Crippen LogP contribution < -0.4 is 5.32 Å². The lowest BCUT2D eigenvalue weighted by atomic mass is 10.2. The molecule has 0 amide bonds. The van der Waals surface area contributed by atoms with E-state index in [0.29, 0.717) is 0 Å². The van der Waals surface area contributed by atoms with Crippen LogP contribution in [0.15, 0.2) is 0 Å². The monoisotopic (exact) mass is 154 g/mol. The van der Waals surface area contributed by atoms with Crippen LogP contribution in [-0.2, 0) is 4.74 Å². The molecule has 3 heteroatoms. The third-order valence-corrected chi connectivity index (χ3v) is 3.19. The Kier molecular flexibility index (Phi) is 1.27. The maximum Gasteiger partial charge on any atom is 0.0645 e. The van der Waals surface area contributed by atoms with E-state index in [9.17, 15) is 0 Å². The van der Waals surface area contributed by atoms with Crippen LogP contribution in [0.25, 0.3) is 0 Å². The first kappa shape index (κ1) is 6.40. The molecule has 0 spiro atoms. The van der Waals surface area contributed by atoms with Gasteiger partial charge in [-0.25, -0.2) is 0 Å². The summed E-state index contributed by atoms with van der Waals surface area (Å²) >= 11 is 0. The molecular formula is C8H14N2O. The van der Waals surface area contributed by atoms with Crippen LogP contribution in [-0.4, -0.2) is 49.3 Å². The van der Waals surface area contributed by atoms with Gasteiger partial charge in [-0.15, -0.1) is 0 Å². The number of fused-ring (bicyclic) bond motifs is 2. The molecule has 0 aliphatic carbocycles. The molecule has 0 radical (unpaired) electrons. The zero-order valence-corrected chi connectivity index (χ0v) is 6.62. The fourth-order valence-corrected chi connectivity index (χ4v) is 2.46. The highest BCUT2D eigenvalue weighted by Crippen LogP contribution is 2.27. The van der Waals surface area contributed by atoms with Gasteiger partial charge in [-0.05, 0) is 6.42 Å². The number of nitrogens with one attached hydrogen (secondary N) is 1. The minimum atomic E-state index is 0.757. The lowest BCUT2D eigenvalue weighted by molar-refractivity contribution is -0.0721. The van der Waals surface area contributed by atoms with E-state index in [1.807, 2.05) is 0 Å². The van der Waals surface area contributed by atoms with Gasteiger partial charge >= 0.3 is 0 Å². The second-order valence-corrected chi connectivity index (χ2v) is 3.88. The molecular weight excluding hydrogens is 140 g/mol. The van der Waals surface area contributed by atoms with Crippen LogP contribution in [0.3, 0.4) is 0 Å². The molecule has 0 saturated carbocycles. The third kappa shape index (κ3) is 0.849. The van der Waals surface area contributed by atoms with Crippen LogP contribution in [0.5, 0.6) is 0 Å². The van der Waals surface area contributed by atoms with Crippen molar-refractivity contribution < 1.29 is 4.74 Å². The van der Waals surface area contributed by atoms with Gasteiger partial charge in [-0.2, -0.15) is 0 Å². The molecule has 3 saturated heterocycles. The molecule has 1 N–H and O–H groups in total. The van der Waals surface area contributed by atoms with Crippen molar-refractivity contribution in [1.82, 2.24) is 10.2 Å². The summed E-state index contributed by atoms with van der Waals surface area (Å²) in [7, 11) is 0. The summed E-state index contributed by atoms with van der Waals surface area (Å²) < 4.78 is 5.19. The van der Waals surface area contributed by atoms with Crippen molar-refractivity contribution in [3.8, 4) is 0 Å². The number of likely N-dealkylation sites (tertiary alicyclic amines) is 1. The van der Waals surface area contributed by atoms with Crippen LogP contribution >= 0.6 is 0 Å². The van der Waals surface area contributed by atoms with Crippen molar-refractivity contribution in [3.05, 3.63) is 0 Å². The largest absolute Gasteiger partial charge is 0.378 e. The Morgan fingerprint density at radius 2 is 2.18 bits per heavy atom. The van der Waals surface area contributed by atoms with E-state index in [-0.39, 0.29) is 0 Å². The molecule has 3 aliphatic rings. The fourth-order valence-electron chi connectivity index (χ4n) is 2.46. The molecule has 0 aromatic carbocycles. The highest BCUT2D eigenvalue weighted by Gasteiger charge is 2.42. The maximum atomic E-state index is 5.19. The van der Waals surface area contributed by atoms with Crippen LogP contribution in [0, 0.1) is 0 Å². The van der Waals surface area contributed by atoms with Crippen molar-refractivity contribution in [3.63, 3.8) is 0 Å². The standard InChI is InChI=1S/C8H14N2O/c1-6-3-10(7(1)2-9-6)8-4-11-5-8/h6-9H,1-5H2/t6-,7-/m0/s1. The molecule has 2 bridgehead atoms. The molecule has 3 aliphatic heterocycles. The summed E-state index contributed by atoms with van der Waals surface area (Å²) in [6.07, 6.45) is 1.37. The minimum Gasteiger partial charge on any atom is -0.378 e. The van der Waals surface area contributed by atoms with E-state index in [1.165, 1.54) is 19.5 Å². The molecule has 3 fully saturated rings. The first-order chi connectivity index (χ1) is 5.43. The second-order valence-electron chi connectivity index (χ2n) is 3.88. The van der Waals surface area contributed by atoms with Crippen molar-refractivity contribution in [1.29, 1.82) is 0 Å². The summed E-state index contributed by atoms with van der Waals surface area (Å²) in [5.41, 5.74) is 0. The number of rotatable bonds is 1. The molecule has 2 atom stereocenters. The van der Waals surface area contributed by atoms with E-state index >= 15 is 0 Å². The Balaban J connectivity index is 1.70. The Morgan fingerprint density at radius 3 is 2.64 bits per heavy atom. The van der Waals surface area contributed by atoms with E-state index < -0.39 is 0 Å². The van der Waals surface area contributed by atoms with Gasteiger partial charge in [0.15, 0.2) is 0 Å². The third-order valence-electron chi connectivity index (χ3n) is 3.19. The molecule has 3 heterocycles. The highest BCUT2D eigenvalue weighted by atomic mass is 16.5. The van der Waals surface area contributed by atoms with Gasteiger partial charge in [-0.1, -0.05) is 0 Å². The van der Waals surface area contributed by atoms with E-state index in [4.69, 9.17) is 4.74 Å². The normalized spacial score (nSPS) is 44.7. The topological polar surface area (TPSA) is 24.5 Å².